The van der Waals surface area contributed by atoms with E-state index in [0.717, 1.165) is 0 Å². The smallest absolute Gasteiger partial charge is 0.142 e. The van der Waals surface area contributed by atoms with E-state index in [1.165, 1.54) is 0 Å². The maximum Gasteiger partial charge on any atom is 0.142 e. The normalized spacial score (nSPS) is 9.60. The second-order valence-corrected chi connectivity index (χ2v) is 2.93. The largest absolute Gasteiger partial charge is 0.381 e. The van der Waals surface area contributed by atoms with Crippen molar-refractivity contribution >= 4 is 24.1 Å². The Kier molecular flexibility index (Phi) is 8.37. The van der Waals surface area contributed by atoms with E-state index in [9.17, 15) is 19.2 Å². The van der Waals surface area contributed by atoms with E-state index < -0.39 is 0 Å². The molecule has 0 aliphatic rings. The van der Waals surface area contributed by atoms with Gasteiger partial charge in [-0.05, 0) is 0 Å². The summed E-state index contributed by atoms with van der Waals surface area (Å²) in [5.41, 5.74) is 0. The zero-order valence-electron chi connectivity index (χ0n) is 8.44. The SMILES string of the molecule is O=CCC(=O)CCOCCC(=O)CC=O. The molecule has 0 aromatic heterocycles. The van der Waals surface area contributed by atoms with E-state index >= 15 is 0 Å². The first kappa shape index (κ1) is 13.6. The Morgan fingerprint density at radius 2 is 1.27 bits per heavy atom. The van der Waals surface area contributed by atoms with Crippen LogP contribution in [-0.4, -0.2) is 37.4 Å². The summed E-state index contributed by atoms with van der Waals surface area (Å²) in [4.78, 5) is 41.5. The van der Waals surface area contributed by atoms with Gasteiger partial charge >= 0.3 is 0 Å². The van der Waals surface area contributed by atoms with Crippen molar-refractivity contribution in [2.75, 3.05) is 13.2 Å². The topological polar surface area (TPSA) is 77.5 Å². The van der Waals surface area contributed by atoms with E-state index in [-0.39, 0.29) is 50.5 Å². The van der Waals surface area contributed by atoms with Crippen molar-refractivity contribution in [2.24, 2.45) is 0 Å². The monoisotopic (exact) mass is 214 g/mol. The summed E-state index contributed by atoms with van der Waals surface area (Å²) in [6.45, 7) is 0.419. The molecule has 5 heteroatoms. The van der Waals surface area contributed by atoms with Gasteiger partial charge in [-0.3, -0.25) is 9.59 Å². The average Bonchev–Trinajstić information content (AvgIpc) is 2.18. The van der Waals surface area contributed by atoms with Gasteiger partial charge in [0.2, 0.25) is 0 Å². The van der Waals surface area contributed by atoms with Gasteiger partial charge in [0, 0.05) is 12.8 Å². The number of rotatable bonds is 10. The first-order valence-corrected chi connectivity index (χ1v) is 4.69. The van der Waals surface area contributed by atoms with Crippen molar-refractivity contribution in [1.82, 2.24) is 0 Å². The number of Topliss-reactive ketones (excluding diaryl/α,β-unsaturated/α-hetero) is 2. The molecule has 0 rings (SSSR count). The highest BCUT2D eigenvalue weighted by Gasteiger charge is 2.02. The summed E-state index contributed by atoms with van der Waals surface area (Å²) in [5.74, 6) is -0.353. The molecular formula is C10H14O5. The van der Waals surface area contributed by atoms with Crippen molar-refractivity contribution in [3.8, 4) is 0 Å². The van der Waals surface area contributed by atoms with Crippen LogP contribution in [0, 0.1) is 0 Å². The highest BCUT2D eigenvalue weighted by atomic mass is 16.5. The summed E-state index contributed by atoms with van der Waals surface area (Å²) >= 11 is 0. The quantitative estimate of drug-likeness (QED) is 0.293. The molecule has 0 bridgehead atoms. The number of carbonyl (C=O) groups is 4. The average molecular weight is 214 g/mol. The second-order valence-electron chi connectivity index (χ2n) is 2.93. The van der Waals surface area contributed by atoms with Crippen LogP contribution in [0.3, 0.4) is 0 Å². The van der Waals surface area contributed by atoms with Crippen LogP contribution in [0.15, 0.2) is 0 Å². The van der Waals surface area contributed by atoms with Crippen molar-refractivity contribution in [3.05, 3.63) is 0 Å². The molecule has 0 heterocycles. The lowest BCUT2D eigenvalue weighted by Crippen LogP contribution is -2.08. The van der Waals surface area contributed by atoms with Crippen LogP contribution in [0.25, 0.3) is 0 Å². The van der Waals surface area contributed by atoms with Crippen LogP contribution in [0.1, 0.15) is 25.7 Å². The molecule has 0 atom stereocenters. The highest BCUT2D eigenvalue weighted by Crippen LogP contribution is 1.92. The number of carbonyl (C=O) groups excluding carboxylic acids is 4. The Morgan fingerprint density at radius 3 is 1.60 bits per heavy atom. The minimum Gasteiger partial charge on any atom is -0.381 e. The van der Waals surface area contributed by atoms with Crippen molar-refractivity contribution in [3.63, 3.8) is 0 Å². The predicted octanol–water partition coefficient (Wildman–Crippen LogP) is 0.0994. The van der Waals surface area contributed by atoms with Gasteiger partial charge in [0.1, 0.15) is 24.1 Å². The molecule has 0 radical (unpaired) electrons. The second kappa shape index (κ2) is 9.21. The number of hydrogen-bond donors (Lipinski definition) is 0. The minimum absolute atomic E-state index is 0.0898. The molecule has 15 heavy (non-hydrogen) atoms. The van der Waals surface area contributed by atoms with Crippen molar-refractivity contribution < 1.29 is 23.9 Å². The Hall–Kier alpha value is -1.36. The third kappa shape index (κ3) is 8.96. The van der Waals surface area contributed by atoms with Gasteiger partial charge in [-0.25, -0.2) is 0 Å². The molecule has 0 aromatic carbocycles. The maximum absolute atomic E-state index is 10.8. The van der Waals surface area contributed by atoms with Crippen LogP contribution in [0.4, 0.5) is 0 Å². The maximum atomic E-state index is 10.8. The molecule has 0 aliphatic carbocycles. The highest BCUT2D eigenvalue weighted by molar-refractivity contribution is 5.90. The summed E-state index contributed by atoms with van der Waals surface area (Å²) in [6.07, 6.45) is 1.29. The first-order valence-electron chi connectivity index (χ1n) is 4.69. The van der Waals surface area contributed by atoms with Crippen LogP contribution in [-0.2, 0) is 23.9 Å². The Balaban J connectivity index is 3.31. The first-order chi connectivity index (χ1) is 7.20. The predicted molar refractivity (Wildman–Crippen MR) is 51.4 cm³/mol. The van der Waals surface area contributed by atoms with Gasteiger partial charge in [0.05, 0.1) is 26.1 Å². The molecule has 0 spiro atoms. The summed E-state index contributed by atoms with van der Waals surface area (Å²) in [5, 5.41) is 0. The molecule has 0 saturated heterocycles. The summed E-state index contributed by atoms with van der Waals surface area (Å²) in [6, 6.07) is 0. The third-order valence-electron chi connectivity index (χ3n) is 1.67. The van der Waals surface area contributed by atoms with E-state index in [0.29, 0.717) is 12.6 Å². The Bertz CT molecular complexity index is 210. The number of aldehydes is 2. The molecule has 0 aromatic rings. The standard InChI is InChI=1S/C10H14O5/c11-5-1-9(13)3-7-15-8-4-10(14)2-6-12/h5-6H,1-4,7-8H2. The van der Waals surface area contributed by atoms with Gasteiger partial charge in [-0.1, -0.05) is 0 Å². The van der Waals surface area contributed by atoms with Gasteiger partial charge in [-0.2, -0.15) is 0 Å². The van der Waals surface area contributed by atoms with Crippen LogP contribution in [0.5, 0.6) is 0 Å². The molecule has 5 nitrogen and oxygen atoms in total. The molecule has 0 fully saturated rings. The zero-order valence-corrected chi connectivity index (χ0v) is 8.44. The van der Waals surface area contributed by atoms with Gasteiger partial charge < -0.3 is 14.3 Å². The number of hydrogen-bond acceptors (Lipinski definition) is 5. The molecule has 0 aliphatic heterocycles. The fourth-order valence-electron chi connectivity index (χ4n) is 0.864. The van der Waals surface area contributed by atoms with E-state index in [1.807, 2.05) is 0 Å². The Labute approximate surface area is 87.8 Å². The fourth-order valence-corrected chi connectivity index (χ4v) is 0.864. The third-order valence-corrected chi connectivity index (χ3v) is 1.67. The summed E-state index contributed by atoms with van der Waals surface area (Å²) < 4.78 is 4.99. The Morgan fingerprint density at radius 1 is 0.867 bits per heavy atom. The molecular weight excluding hydrogens is 200 g/mol. The fraction of sp³-hybridized carbons (Fsp3) is 0.600. The van der Waals surface area contributed by atoms with Crippen LogP contribution in [0.2, 0.25) is 0 Å². The van der Waals surface area contributed by atoms with E-state index in [4.69, 9.17) is 4.74 Å². The van der Waals surface area contributed by atoms with Crippen LogP contribution < -0.4 is 0 Å². The number of ketones is 2. The van der Waals surface area contributed by atoms with Crippen molar-refractivity contribution in [1.29, 1.82) is 0 Å². The summed E-state index contributed by atoms with van der Waals surface area (Å²) in [7, 11) is 0. The van der Waals surface area contributed by atoms with Gasteiger partial charge in [-0.15, -0.1) is 0 Å². The van der Waals surface area contributed by atoms with Crippen molar-refractivity contribution in [2.45, 2.75) is 25.7 Å². The molecule has 0 amide bonds. The van der Waals surface area contributed by atoms with E-state index in [2.05, 4.69) is 0 Å². The molecule has 0 unspecified atom stereocenters. The molecule has 0 N–H and O–H groups in total. The van der Waals surface area contributed by atoms with Gasteiger partial charge in [0.25, 0.3) is 0 Å². The lowest BCUT2D eigenvalue weighted by atomic mass is 10.2. The molecule has 84 valence electrons. The lowest BCUT2D eigenvalue weighted by Gasteiger charge is -2.01. The zero-order chi connectivity index (χ0) is 11.5. The molecule has 0 saturated carbocycles. The lowest BCUT2D eigenvalue weighted by molar-refractivity contribution is -0.123. The number of ether oxygens (including phenoxy) is 1. The minimum atomic E-state index is -0.177. The van der Waals surface area contributed by atoms with Gasteiger partial charge in [0.15, 0.2) is 0 Å². The van der Waals surface area contributed by atoms with E-state index in [1.54, 1.807) is 0 Å². The van der Waals surface area contributed by atoms with Crippen LogP contribution >= 0.6 is 0 Å².